The zero-order valence-corrected chi connectivity index (χ0v) is 14.4. The molecule has 4 rings (SSSR count). The van der Waals surface area contributed by atoms with Gasteiger partial charge in [-0.2, -0.15) is 5.10 Å². The number of amides is 1. The van der Waals surface area contributed by atoms with Crippen molar-refractivity contribution in [3.05, 3.63) is 59.7 Å². The lowest BCUT2D eigenvalue weighted by Gasteiger charge is -2.09. The molecular weight excluding hydrogens is 348 g/mol. The van der Waals surface area contributed by atoms with Gasteiger partial charge in [0, 0.05) is 5.92 Å². The van der Waals surface area contributed by atoms with E-state index >= 15 is 0 Å². The Morgan fingerprint density at radius 1 is 1.22 bits per heavy atom. The third-order valence-corrected chi connectivity index (χ3v) is 4.33. The Morgan fingerprint density at radius 2 is 2.00 bits per heavy atom. The first-order valence-corrected chi connectivity index (χ1v) is 8.64. The van der Waals surface area contributed by atoms with Gasteiger partial charge in [-0.3, -0.25) is 9.59 Å². The first-order valence-electron chi connectivity index (χ1n) is 8.64. The molecular formula is C18H18N6O3. The van der Waals surface area contributed by atoms with Gasteiger partial charge in [0.25, 0.3) is 5.91 Å². The number of carboxylic acid groups (broad SMARTS) is 1. The van der Waals surface area contributed by atoms with Crippen molar-refractivity contribution in [3.8, 4) is 5.69 Å². The van der Waals surface area contributed by atoms with Crippen molar-refractivity contribution in [2.75, 3.05) is 0 Å². The van der Waals surface area contributed by atoms with Gasteiger partial charge in [-0.25, -0.2) is 9.36 Å². The highest BCUT2D eigenvalue weighted by molar-refractivity contribution is 5.95. The van der Waals surface area contributed by atoms with E-state index in [4.69, 9.17) is 5.11 Å². The van der Waals surface area contributed by atoms with Gasteiger partial charge < -0.3 is 10.4 Å². The minimum Gasteiger partial charge on any atom is -0.480 e. The molecule has 0 aliphatic heterocycles. The van der Waals surface area contributed by atoms with Gasteiger partial charge in [0.15, 0.2) is 0 Å². The Bertz CT molecular complexity index is 974. The quantitative estimate of drug-likeness (QED) is 0.652. The molecule has 1 aliphatic carbocycles. The number of para-hydroxylation sites is 1. The number of aromatic nitrogens is 5. The molecule has 9 nitrogen and oxygen atoms in total. The fourth-order valence-corrected chi connectivity index (χ4v) is 2.96. The summed E-state index contributed by atoms with van der Waals surface area (Å²) in [5.41, 5.74) is 2.90. The van der Waals surface area contributed by atoms with E-state index in [9.17, 15) is 9.59 Å². The summed E-state index contributed by atoms with van der Waals surface area (Å²) in [6.45, 7) is -0.101. The van der Waals surface area contributed by atoms with E-state index in [0.29, 0.717) is 17.2 Å². The average molecular weight is 366 g/mol. The molecule has 0 spiro atoms. The maximum Gasteiger partial charge on any atom is 0.325 e. The van der Waals surface area contributed by atoms with Crippen molar-refractivity contribution in [3.63, 3.8) is 0 Å². The summed E-state index contributed by atoms with van der Waals surface area (Å²) in [7, 11) is 0. The smallest absolute Gasteiger partial charge is 0.325 e. The van der Waals surface area contributed by atoms with Crippen LogP contribution in [0.1, 0.15) is 40.5 Å². The molecule has 0 unspecified atom stereocenters. The van der Waals surface area contributed by atoms with Gasteiger partial charge in [0.05, 0.1) is 35.9 Å². The summed E-state index contributed by atoms with van der Waals surface area (Å²) in [6.07, 6.45) is 5.19. The van der Waals surface area contributed by atoms with Crippen LogP contribution in [-0.4, -0.2) is 41.8 Å². The molecule has 27 heavy (non-hydrogen) atoms. The predicted molar refractivity (Wildman–Crippen MR) is 94.4 cm³/mol. The summed E-state index contributed by atoms with van der Waals surface area (Å²) in [4.78, 5) is 23.4. The molecule has 1 saturated carbocycles. The Balaban J connectivity index is 1.50. The van der Waals surface area contributed by atoms with Crippen LogP contribution >= 0.6 is 0 Å². The zero-order valence-electron chi connectivity index (χ0n) is 14.4. The molecule has 9 heteroatoms. The molecule has 1 fully saturated rings. The molecule has 0 atom stereocenters. The number of hydrogen-bond acceptors (Lipinski definition) is 5. The van der Waals surface area contributed by atoms with E-state index in [-0.39, 0.29) is 19.0 Å². The lowest BCUT2D eigenvalue weighted by molar-refractivity contribution is -0.137. The molecule has 2 N–H and O–H groups in total. The van der Waals surface area contributed by atoms with Crippen LogP contribution in [0.4, 0.5) is 0 Å². The van der Waals surface area contributed by atoms with Crippen LogP contribution < -0.4 is 5.32 Å². The van der Waals surface area contributed by atoms with Crippen LogP contribution in [-0.2, 0) is 17.9 Å². The first kappa shape index (κ1) is 17.0. The summed E-state index contributed by atoms with van der Waals surface area (Å²) in [5.74, 6) is -0.894. The Hall–Kier alpha value is -3.49. The van der Waals surface area contributed by atoms with E-state index < -0.39 is 5.97 Å². The Kier molecular flexibility index (Phi) is 4.41. The minimum atomic E-state index is -1.00. The van der Waals surface area contributed by atoms with E-state index in [1.54, 1.807) is 6.20 Å². The third kappa shape index (κ3) is 3.71. The van der Waals surface area contributed by atoms with Crippen LogP contribution in [0.2, 0.25) is 0 Å². The van der Waals surface area contributed by atoms with Gasteiger partial charge in [-0.05, 0) is 25.0 Å². The van der Waals surface area contributed by atoms with Gasteiger partial charge >= 0.3 is 5.97 Å². The number of nitrogens with one attached hydrogen (secondary N) is 1. The maximum absolute atomic E-state index is 12.7. The number of benzene rings is 1. The van der Waals surface area contributed by atoms with E-state index in [1.165, 1.54) is 10.9 Å². The number of carbonyl (C=O) groups excluding carboxylic acids is 1. The molecule has 1 aliphatic rings. The number of nitrogens with zero attached hydrogens (tertiary/aromatic N) is 5. The number of rotatable bonds is 7. The molecule has 2 heterocycles. The van der Waals surface area contributed by atoms with Gasteiger partial charge in [-0.15, -0.1) is 5.10 Å². The molecule has 0 bridgehead atoms. The molecule has 0 saturated heterocycles. The summed E-state index contributed by atoms with van der Waals surface area (Å²) >= 11 is 0. The van der Waals surface area contributed by atoms with Crippen LogP contribution in [0.3, 0.4) is 0 Å². The van der Waals surface area contributed by atoms with Crippen LogP contribution in [0.15, 0.2) is 42.7 Å². The number of aliphatic carboxylic acids is 1. The van der Waals surface area contributed by atoms with Crippen molar-refractivity contribution in [1.82, 2.24) is 30.1 Å². The minimum absolute atomic E-state index is 0.166. The SMILES string of the molecule is O=C(O)Cn1cc(CNC(=O)c2cnn(-c3ccccc3)c2C2CC2)nn1. The lowest BCUT2D eigenvalue weighted by Crippen LogP contribution is -2.24. The van der Waals surface area contributed by atoms with Crippen LogP contribution in [0, 0.1) is 0 Å². The van der Waals surface area contributed by atoms with Crippen molar-refractivity contribution in [1.29, 1.82) is 0 Å². The Morgan fingerprint density at radius 3 is 2.70 bits per heavy atom. The molecule has 3 aromatic rings. The summed E-state index contributed by atoms with van der Waals surface area (Å²) < 4.78 is 3.04. The fraction of sp³-hybridized carbons (Fsp3) is 0.278. The monoisotopic (exact) mass is 366 g/mol. The van der Waals surface area contributed by atoms with Crippen LogP contribution in [0.5, 0.6) is 0 Å². The van der Waals surface area contributed by atoms with Crippen molar-refractivity contribution < 1.29 is 14.7 Å². The second-order valence-electron chi connectivity index (χ2n) is 6.45. The molecule has 0 radical (unpaired) electrons. The van der Waals surface area contributed by atoms with E-state index in [1.807, 2.05) is 35.0 Å². The van der Waals surface area contributed by atoms with Crippen molar-refractivity contribution in [2.24, 2.45) is 0 Å². The number of carboxylic acids is 1. The fourth-order valence-electron chi connectivity index (χ4n) is 2.96. The van der Waals surface area contributed by atoms with Crippen molar-refractivity contribution >= 4 is 11.9 Å². The number of carbonyl (C=O) groups is 2. The summed E-state index contributed by atoms with van der Waals surface area (Å²) in [5, 5.41) is 23.6. The van der Waals surface area contributed by atoms with Crippen LogP contribution in [0.25, 0.3) is 5.69 Å². The van der Waals surface area contributed by atoms with Gasteiger partial charge in [0.2, 0.25) is 0 Å². The second-order valence-corrected chi connectivity index (χ2v) is 6.45. The van der Waals surface area contributed by atoms with Crippen molar-refractivity contribution in [2.45, 2.75) is 31.8 Å². The highest BCUT2D eigenvalue weighted by atomic mass is 16.4. The largest absolute Gasteiger partial charge is 0.480 e. The number of hydrogen-bond donors (Lipinski definition) is 2. The standard InChI is InChI=1S/C18H18N6O3/c25-16(26)11-23-10-13(21-22-23)8-19-18(27)15-9-20-24(17(15)12-6-7-12)14-4-2-1-3-5-14/h1-5,9-10,12H,6-8,11H2,(H,19,27)(H,25,26). The zero-order chi connectivity index (χ0) is 18.8. The van der Waals surface area contributed by atoms with Gasteiger partial charge in [0.1, 0.15) is 12.2 Å². The summed E-state index contributed by atoms with van der Waals surface area (Å²) in [6, 6.07) is 9.74. The highest BCUT2D eigenvalue weighted by Crippen LogP contribution is 2.42. The van der Waals surface area contributed by atoms with E-state index in [2.05, 4.69) is 20.7 Å². The molecule has 1 aromatic carbocycles. The molecule has 138 valence electrons. The second kappa shape index (κ2) is 7.02. The average Bonchev–Trinajstić information content (AvgIpc) is 3.24. The molecule has 2 aromatic heterocycles. The topological polar surface area (TPSA) is 115 Å². The van der Waals surface area contributed by atoms with E-state index in [0.717, 1.165) is 24.2 Å². The maximum atomic E-state index is 12.7. The Labute approximate surface area is 154 Å². The highest BCUT2D eigenvalue weighted by Gasteiger charge is 2.32. The normalized spacial score (nSPS) is 13.5. The lowest BCUT2D eigenvalue weighted by atomic mass is 10.1. The van der Waals surface area contributed by atoms with Gasteiger partial charge in [-0.1, -0.05) is 23.4 Å². The first-order chi connectivity index (χ1) is 13.1. The third-order valence-electron chi connectivity index (χ3n) is 4.33. The molecule has 1 amide bonds. The predicted octanol–water partition coefficient (Wildman–Crippen LogP) is 1.36.